The fourth-order valence-electron chi connectivity index (χ4n) is 13.3. The summed E-state index contributed by atoms with van der Waals surface area (Å²) in [5.41, 5.74) is 2.19. The first-order valence-corrected chi connectivity index (χ1v) is 41.3. The molecule has 0 unspecified atom stereocenters. The van der Waals surface area contributed by atoms with Crippen LogP contribution in [0.1, 0.15) is 224 Å². The average molecular weight is 1860 g/mol. The Bertz CT molecular complexity index is 5030. The number of carbonyl (C=O) groups is 7. The number of allylic oxidation sites excluding steroid dienone is 4. The Balaban J connectivity index is 0.000000919. The van der Waals surface area contributed by atoms with Crippen molar-refractivity contribution in [2.75, 3.05) is 128 Å². The zero-order chi connectivity index (χ0) is 98.4. The smallest absolute Gasteiger partial charge is 0.373 e. The van der Waals surface area contributed by atoms with Crippen LogP contribution in [0.25, 0.3) is 33.1 Å². The van der Waals surface area contributed by atoms with Crippen molar-refractivity contribution >= 4 is 93.0 Å². The van der Waals surface area contributed by atoms with E-state index in [1.165, 1.54) is 47.0 Å². The molecule has 4 aromatic carbocycles. The van der Waals surface area contributed by atoms with Gasteiger partial charge in [-0.15, -0.1) is 0 Å². The number of ketones is 2. The van der Waals surface area contributed by atoms with E-state index in [1.807, 2.05) is 99.8 Å². The van der Waals surface area contributed by atoms with E-state index in [0.29, 0.717) is 82.9 Å². The Labute approximate surface area is 771 Å². The van der Waals surface area contributed by atoms with Crippen LogP contribution >= 0.6 is 0 Å². The fraction of sp³-hybridized carbons (Fsp3) is 0.537. The van der Waals surface area contributed by atoms with Crippen molar-refractivity contribution in [3.05, 3.63) is 148 Å². The minimum absolute atomic E-state index is 0. The summed E-state index contributed by atoms with van der Waals surface area (Å²) >= 11 is 0. The molecule has 0 saturated carbocycles. The first kappa shape index (κ1) is 117. The number of aliphatic hydroxyl groups is 1. The summed E-state index contributed by atoms with van der Waals surface area (Å²) in [6.07, 6.45) is 8.15. The Kier molecular flexibility index (Phi) is 49.2. The van der Waals surface area contributed by atoms with Crippen molar-refractivity contribution in [1.82, 2.24) is 14.7 Å². The van der Waals surface area contributed by atoms with Gasteiger partial charge in [-0.05, 0) is 202 Å². The molecule has 6 aromatic rings. The van der Waals surface area contributed by atoms with Crippen molar-refractivity contribution in [3.63, 3.8) is 0 Å². The van der Waals surface area contributed by atoms with Crippen LogP contribution in [0.4, 0.5) is 0 Å². The molecule has 0 bridgehead atoms. The van der Waals surface area contributed by atoms with Crippen molar-refractivity contribution < 1.29 is 157 Å². The molecule has 2 heterocycles. The topological polar surface area (TPSA) is 446 Å². The third-order valence-corrected chi connectivity index (χ3v) is 17.9. The molecule has 1 radical (unpaired) electrons. The van der Waals surface area contributed by atoms with Crippen LogP contribution in [-0.4, -0.2) is 224 Å². The molecular weight excluding hydrogens is 1730 g/mol. The second-order valence-electron chi connectivity index (χ2n) is 36.5. The molecule has 0 aliphatic heterocycles. The van der Waals surface area contributed by atoms with E-state index in [1.54, 1.807) is 63.3 Å². The number of Topliss-reactive ketones (excluding diaryl/α,β-unsaturated/α-hetero) is 2. The van der Waals surface area contributed by atoms with Crippen LogP contribution < -0.4 is 34.9 Å². The molecule has 130 heavy (non-hydrogen) atoms. The molecular formula is C95H128N3O31V-. The van der Waals surface area contributed by atoms with Gasteiger partial charge in [0.1, 0.15) is 47.1 Å². The van der Waals surface area contributed by atoms with Gasteiger partial charge in [-0.25, -0.2) is 4.79 Å². The van der Waals surface area contributed by atoms with Crippen molar-refractivity contribution in [2.24, 2.45) is 16.2 Å². The van der Waals surface area contributed by atoms with Gasteiger partial charge in [0.2, 0.25) is 10.9 Å². The molecule has 34 nitrogen and oxygen atoms in total. The number of benzene rings is 4. The molecule has 0 spiro atoms. The summed E-state index contributed by atoms with van der Waals surface area (Å²) in [7, 11) is 5.91. The maximum Gasteiger partial charge on any atom is 0.373 e. The molecule has 2 aromatic heterocycles. The van der Waals surface area contributed by atoms with Gasteiger partial charge >= 0.3 is 42.3 Å². The number of carbonyl (C=O) groups excluding carboxylic acids is 13. The number of aliphatic hydroxyl groups excluding tert-OH is 1. The number of aromatic carboxylic acids is 1. The third kappa shape index (κ3) is 39.8. The normalized spacial score (nSPS) is 12.2. The second kappa shape index (κ2) is 54.7. The second-order valence-corrected chi connectivity index (χ2v) is 36.5. The quantitative estimate of drug-likeness (QED) is 0.0233. The van der Waals surface area contributed by atoms with Gasteiger partial charge in [0.25, 0.3) is 0 Å². The Morgan fingerprint density at radius 2 is 0.746 bits per heavy atom. The summed E-state index contributed by atoms with van der Waals surface area (Å²) < 4.78 is 75.8. The van der Waals surface area contributed by atoms with Crippen LogP contribution in [0.5, 0.6) is 23.0 Å². The molecule has 1 N–H and O–H groups in total. The molecule has 8 rings (SSSR count). The SMILES string of the molecule is CC(C)(C)CN(CCO)CC(=O)OC(C)(C)C.CCCN(CC(=O)OC(C)(C)C)CC(C)(C)C.COCOc1cc2c(cc1OCOC)C(=O)C(c1coc3cc(C)c(C)c(C(=O)OCCN(CC(=O)OC(C)(C)C)CC(C)(C)C)c3c1=O)=CC2.COCOc1cc2c(cc1OCOC)C(=O)C(c1coc3cc(C)c(C)c(C(=O)[O-])c3c1=O)=CC2.O=C=O.O=C=O.O=C=O.[V]. The van der Waals surface area contributed by atoms with Crippen LogP contribution in [0, 0.1) is 43.9 Å². The van der Waals surface area contributed by atoms with Crippen LogP contribution in [0.2, 0.25) is 0 Å². The zero-order valence-electron chi connectivity index (χ0n) is 80.0. The van der Waals surface area contributed by atoms with Crippen molar-refractivity contribution in [1.29, 1.82) is 0 Å². The summed E-state index contributed by atoms with van der Waals surface area (Å²) in [5, 5.41) is 20.7. The molecule has 35 heteroatoms. The van der Waals surface area contributed by atoms with E-state index in [0.717, 1.165) is 31.6 Å². The predicted molar refractivity (Wildman–Crippen MR) is 471 cm³/mol. The Hall–Kier alpha value is -10.9. The Morgan fingerprint density at radius 1 is 0.446 bits per heavy atom. The van der Waals surface area contributed by atoms with E-state index in [2.05, 4.69) is 53.4 Å². The van der Waals surface area contributed by atoms with Crippen LogP contribution in [0.15, 0.2) is 79.5 Å². The van der Waals surface area contributed by atoms with E-state index >= 15 is 0 Å². The van der Waals surface area contributed by atoms with Gasteiger partial charge < -0.3 is 80.7 Å². The van der Waals surface area contributed by atoms with Gasteiger partial charge in [-0.3, -0.25) is 48.3 Å². The minimum atomic E-state index is -1.49. The largest absolute Gasteiger partial charge is 0.545 e. The van der Waals surface area contributed by atoms with Crippen molar-refractivity contribution in [2.45, 2.75) is 195 Å². The fourth-order valence-corrected chi connectivity index (χ4v) is 13.3. The number of ether oxygens (including phenoxy) is 12. The molecule has 0 fully saturated rings. The number of carboxylic acids is 1. The third-order valence-electron chi connectivity index (χ3n) is 17.9. The van der Waals surface area contributed by atoms with Gasteiger partial charge in [-0.1, -0.05) is 81.4 Å². The maximum absolute atomic E-state index is 14.2. The number of methoxy groups -OCH3 is 4. The zero-order valence-corrected chi connectivity index (χ0v) is 81.4. The first-order valence-electron chi connectivity index (χ1n) is 41.3. The van der Waals surface area contributed by atoms with E-state index < -0.39 is 51.2 Å². The summed E-state index contributed by atoms with van der Waals surface area (Å²) in [6.45, 7) is 49.1. The first-order chi connectivity index (χ1) is 60.0. The van der Waals surface area contributed by atoms with E-state index in [9.17, 15) is 48.3 Å². The van der Waals surface area contributed by atoms with Gasteiger partial charge in [0, 0.05) is 108 Å². The van der Waals surface area contributed by atoms with Gasteiger partial charge in [0.05, 0.1) is 59.7 Å². The number of esters is 4. The molecule has 715 valence electrons. The standard InChI is InChI=1S/C39H49NO11.C26H24O9.C14H29NO2.C13H27NO3.3CO2.V/c1-23-15-31-34(33(24(23)2)37(44)47-14-13-40(20-38(3,4)5)18-32(41)51-39(6,7)8)36(43)28(19-48-31)26-12-11-25-16-29(49-21-45-9)30(50-22-46-10)17-27(25)35(26)42;1-13-7-21-23(22(14(13)2)26(29)30)25(28)18(10-33-21)16-6-5-15-8-19(34-11-31-3)20(35-12-32-4)9-17(15)24(16)27;1-8-9-15(11-13(2,3)4)10-12(16)17-14(5,6)7;1-12(2,3)10-14(7-8-15)9-11(16)17-13(4,5)6;3*2-1-3;/h12,15-17,19H,11,13-14,18,20-22H2,1-10H3;6-10H,5,11-12H2,1-4H3,(H,29,30);8-11H2,1-7H3;15H,7-10H2,1-6H3;;;;/p-1. The van der Waals surface area contributed by atoms with Crippen molar-refractivity contribution in [3.8, 4) is 23.0 Å². The summed E-state index contributed by atoms with van der Waals surface area (Å²) in [4.78, 5) is 172. The van der Waals surface area contributed by atoms with Crippen LogP contribution in [-0.2, 0) is 112 Å². The minimum Gasteiger partial charge on any atom is -0.545 e. The number of fused-ring (bicyclic) bond motifs is 4. The Morgan fingerprint density at radius 3 is 1.04 bits per heavy atom. The monoisotopic (exact) mass is 1860 g/mol. The number of rotatable bonds is 32. The van der Waals surface area contributed by atoms with E-state index in [-0.39, 0.29) is 198 Å². The number of aryl methyl sites for hydroxylation is 2. The molecule has 0 saturated heterocycles. The summed E-state index contributed by atoms with van der Waals surface area (Å²) in [5.74, 6) is -2.50. The number of hydrogen-bond donors (Lipinski definition) is 1. The van der Waals surface area contributed by atoms with Crippen LogP contribution in [0.3, 0.4) is 0 Å². The molecule has 0 amide bonds. The molecule has 2 aliphatic rings. The number of nitrogens with zero attached hydrogens (tertiary/aromatic N) is 3. The number of hydrogen-bond acceptors (Lipinski definition) is 34. The van der Waals surface area contributed by atoms with E-state index in [4.69, 9.17) is 99.6 Å². The molecule has 0 atom stereocenters. The molecule has 2 aliphatic carbocycles. The number of carboxylic acid groups (broad SMARTS) is 1. The predicted octanol–water partition coefficient (Wildman–Crippen LogP) is 11.6. The van der Waals surface area contributed by atoms with Gasteiger partial charge in [0.15, 0.2) is 61.7 Å². The average Bonchev–Trinajstić information content (AvgIpc) is 0.746. The van der Waals surface area contributed by atoms with Gasteiger partial charge in [-0.2, -0.15) is 28.8 Å². The maximum atomic E-state index is 14.2. The summed E-state index contributed by atoms with van der Waals surface area (Å²) in [6, 6.07) is 9.73.